The van der Waals surface area contributed by atoms with Crippen molar-refractivity contribution in [2.75, 3.05) is 0 Å². The van der Waals surface area contributed by atoms with Crippen LogP contribution in [0, 0.1) is 6.92 Å². The summed E-state index contributed by atoms with van der Waals surface area (Å²) in [5, 5.41) is 8.23. The smallest absolute Gasteiger partial charge is 0.187 e. The summed E-state index contributed by atoms with van der Waals surface area (Å²) in [5.74, 6) is 0.729. The zero-order valence-electron chi connectivity index (χ0n) is 9.00. The molecule has 0 atom stereocenters. The Morgan fingerprint density at radius 3 is 2.76 bits per heavy atom. The molecule has 0 unspecified atom stereocenters. The second-order valence-electron chi connectivity index (χ2n) is 3.63. The number of aromatic nitrogens is 5. The standard InChI is InChI=1S/C11H8BrN5/c1-7-4-13-6-10-15-16-11(17(7)10)9-3-2-8(12)5-14-9/h2-6H,1H3. The average Bonchev–Trinajstić information content (AvgIpc) is 2.75. The van der Waals surface area contributed by atoms with E-state index in [2.05, 4.69) is 36.1 Å². The molecule has 17 heavy (non-hydrogen) atoms. The van der Waals surface area contributed by atoms with Crippen LogP contribution in [0.1, 0.15) is 5.69 Å². The SMILES string of the molecule is Cc1cncc2nnc(-c3ccc(Br)cn3)n12. The number of halogens is 1. The van der Waals surface area contributed by atoms with Crippen molar-refractivity contribution in [3.05, 3.63) is 40.9 Å². The van der Waals surface area contributed by atoms with Gasteiger partial charge in [-0.2, -0.15) is 0 Å². The highest BCUT2D eigenvalue weighted by molar-refractivity contribution is 9.10. The van der Waals surface area contributed by atoms with Crippen molar-refractivity contribution < 1.29 is 0 Å². The number of hydrogen-bond donors (Lipinski definition) is 0. The Hall–Kier alpha value is -1.82. The van der Waals surface area contributed by atoms with E-state index in [0.717, 1.165) is 27.3 Å². The van der Waals surface area contributed by atoms with Crippen LogP contribution in [0.5, 0.6) is 0 Å². The van der Waals surface area contributed by atoms with Crippen molar-refractivity contribution in [3.8, 4) is 11.5 Å². The van der Waals surface area contributed by atoms with E-state index in [1.807, 2.05) is 23.5 Å². The molecule has 0 radical (unpaired) electrons. The van der Waals surface area contributed by atoms with Crippen molar-refractivity contribution in [1.82, 2.24) is 24.6 Å². The van der Waals surface area contributed by atoms with Gasteiger partial charge in [-0.25, -0.2) is 0 Å². The predicted molar refractivity (Wildman–Crippen MR) is 66.5 cm³/mol. The summed E-state index contributed by atoms with van der Waals surface area (Å²) in [5.41, 5.74) is 2.49. The summed E-state index contributed by atoms with van der Waals surface area (Å²) in [6.45, 7) is 1.96. The van der Waals surface area contributed by atoms with E-state index in [1.54, 1.807) is 18.6 Å². The van der Waals surface area contributed by atoms with Gasteiger partial charge in [-0.15, -0.1) is 10.2 Å². The monoisotopic (exact) mass is 289 g/mol. The number of rotatable bonds is 1. The van der Waals surface area contributed by atoms with Crippen molar-refractivity contribution in [2.45, 2.75) is 6.92 Å². The third-order valence-corrected chi connectivity index (χ3v) is 2.92. The number of nitrogens with zero attached hydrogens (tertiary/aromatic N) is 5. The van der Waals surface area contributed by atoms with Gasteiger partial charge in [-0.3, -0.25) is 14.4 Å². The third-order valence-electron chi connectivity index (χ3n) is 2.45. The Labute approximate surface area is 106 Å². The molecule has 0 aliphatic heterocycles. The molecular formula is C11H8BrN5. The summed E-state index contributed by atoms with van der Waals surface area (Å²) >= 11 is 3.36. The minimum absolute atomic E-state index is 0.727. The van der Waals surface area contributed by atoms with Gasteiger partial charge in [0.15, 0.2) is 11.5 Å². The highest BCUT2D eigenvalue weighted by Gasteiger charge is 2.10. The average molecular weight is 290 g/mol. The van der Waals surface area contributed by atoms with Gasteiger partial charge >= 0.3 is 0 Å². The Kier molecular flexibility index (Phi) is 2.36. The summed E-state index contributed by atoms with van der Waals surface area (Å²) in [7, 11) is 0. The fourth-order valence-corrected chi connectivity index (χ4v) is 1.91. The second-order valence-corrected chi connectivity index (χ2v) is 4.54. The van der Waals surface area contributed by atoms with Crippen LogP contribution in [-0.2, 0) is 0 Å². The number of hydrogen-bond acceptors (Lipinski definition) is 4. The molecule has 3 aromatic heterocycles. The van der Waals surface area contributed by atoms with Gasteiger partial charge < -0.3 is 0 Å². The molecule has 0 aromatic carbocycles. The van der Waals surface area contributed by atoms with Crippen LogP contribution in [0.4, 0.5) is 0 Å². The molecule has 3 heterocycles. The van der Waals surface area contributed by atoms with Crippen LogP contribution >= 0.6 is 15.9 Å². The topological polar surface area (TPSA) is 56.0 Å². The first-order chi connectivity index (χ1) is 8.25. The van der Waals surface area contributed by atoms with E-state index in [9.17, 15) is 0 Å². The van der Waals surface area contributed by atoms with Gasteiger partial charge in [0.2, 0.25) is 0 Å². The molecular weight excluding hydrogens is 282 g/mol. The first-order valence-electron chi connectivity index (χ1n) is 5.03. The second kappa shape index (κ2) is 3.89. The van der Waals surface area contributed by atoms with Crippen LogP contribution in [0.2, 0.25) is 0 Å². The summed E-state index contributed by atoms with van der Waals surface area (Å²) in [6, 6.07) is 3.83. The summed E-state index contributed by atoms with van der Waals surface area (Å²) in [6.07, 6.45) is 5.20. The molecule has 84 valence electrons. The van der Waals surface area contributed by atoms with E-state index in [1.165, 1.54) is 0 Å². The molecule has 0 fully saturated rings. The van der Waals surface area contributed by atoms with Gasteiger partial charge in [0, 0.05) is 22.6 Å². The van der Waals surface area contributed by atoms with E-state index in [0.29, 0.717) is 0 Å². The highest BCUT2D eigenvalue weighted by Crippen LogP contribution is 2.18. The van der Waals surface area contributed by atoms with Gasteiger partial charge in [0.1, 0.15) is 5.69 Å². The van der Waals surface area contributed by atoms with Crippen molar-refractivity contribution in [3.63, 3.8) is 0 Å². The minimum Gasteiger partial charge on any atom is -0.275 e. The predicted octanol–water partition coefficient (Wildman–Crippen LogP) is 2.26. The molecule has 0 spiro atoms. The highest BCUT2D eigenvalue weighted by atomic mass is 79.9. The van der Waals surface area contributed by atoms with Crippen LogP contribution < -0.4 is 0 Å². The van der Waals surface area contributed by atoms with Gasteiger partial charge in [-0.1, -0.05) is 0 Å². The lowest BCUT2D eigenvalue weighted by Crippen LogP contribution is -1.96. The molecule has 0 bridgehead atoms. The molecule has 0 saturated heterocycles. The maximum Gasteiger partial charge on any atom is 0.187 e. The Morgan fingerprint density at radius 2 is 2.00 bits per heavy atom. The Bertz CT molecular complexity index is 674. The van der Waals surface area contributed by atoms with Crippen LogP contribution in [0.3, 0.4) is 0 Å². The third kappa shape index (κ3) is 1.70. The number of fused-ring (bicyclic) bond motifs is 1. The largest absolute Gasteiger partial charge is 0.275 e. The van der Waals surface area contributed by atoms with Crippen LogP contribution in [-0.4, -0.2) is 24.6 Å². The van der Waals surface area contributed by atoms with E-state index < -0.39 is 0 Å². The zero-order valence-corrected chi connectivity index (χ0v) is 10.6. The van der Waals surface area contributed by atoms with Gasteiger partial charge in [0.25, 0.3) is 0 Å². The van der Waals surface area contributed by atoms with Crippen molar-refractivity contribution in [1.29, 1.82) is 0 Å². The first kappa shape index (κ1) is 10.3. The maximum atomic E-state index is 4.32. The van der Waals surface area contributed by atoms with Crippen LogP contribution in [0.15, 0.2) is 35.2 Å². The van der Waals surface area contributed by atoms with Crippen molar-refractivity contribution >= 4 is 21.6 Å². The molecule has 3 aromatic rings. The van der Waals surface area contributed by atoms with Crippen LogP contribution in [0.25, 0.3) is 17.2 Å². The first-order valence-corrected chi connectivity index (χ1v) is 5.82. The molecule has 0 saturated carbocycles. The zero-order chi connectivity index (χ0) is 11.8. The molecule has 6 heteroatoms. The normalized spacial score (nSPS) is 10.9. The molecule has 0 N–H and O–H groups in total. The molecule has 3 rings (SSSR count). The van der Waals surface area contributed by atoms with E-state index in [4.69, 9.17) is 0 Å². The lowest BCUT2D eigenvalue weighted by Gasteiger charge is -2.02. The number of pyridine rings is 1. The summed E-state index contributed by atoms with van der Waals surface area (Å²) in [4.78, 5) is 8.40. The van der Waals surface area contributed by atoms with Crippen molar-refractivity contribution in [2.24, 2.45) is 0 Å². The van der Waals surface area contributed by atoms with Gasteiger partial charge in [0.05, 0.1) is 6.20 Å². The quantitative estimate of drug-likeness (QED) is 0.690. The Morgan fingerprint density at radius 1 is 1.12 bits per heavy atom. The fourth-order valence-electron chi connectivity index (χ4n) is 1.67. The molecule has 0 aliphatic carbocycles. The number of aryl methyl sites for hydroxylation is 1. The van der Waals surface area contributed by atoms with E-state index >= 15 is 0 Å². The molecule has 5 nitrogen and oxygen atoms in total. The maximum absolute atomic E-state index is 4.32. The lowest BCUT2D eigenvalue weighted by atomic mass is 10.3. The molecule has 0 amide bonds. The van der Waals surface area contributed by atoms with E-state index in [-0.39, 0.29) is 0 Å². The summed E-state index contributed by atoms with van der Waals surface area (Å²) < 4.78 is 2.87. The van der Waals surface area contributed by atoms with Gasteiger partial charge in [-0.05, 0) is 35.0 Å². The fraction of sp³-hybridized carbons (Fsp3) is 0.0909. The Balaban J connectivity index is 2.27. The minimum atomic E-state index is 0.727. The lowest BCUT2D eigenvalue weighted by molar-refractivity contribution is 1.03. The molecule has 0 aliphatic rings.